The van der Waals surface area contributed by atoms with Gasteiger partial charge < -0.3 is 9.47 Å². The molecule has 1 aliphatic heterocycles. The molecule has 0 saturated heterocycles. The number of halogens is 1. The monoisotopic (exact) mass is 311 g/mol. The molecule has 0 radical (unpaired) electrons. The zero-order chi connectivity index (χ0) is 13.0. The molecule has 1 aromatic carbocycles. The highest BCUT2D eigenvalue weighted by atomic mass is 79.9. The fourth-order valence-electron chi connectivity index (χ4n) is 1.46. The molecule has 0 saturated carbocycles. The average molecular weight is 312 g/mol. The summed E-state index contributed by atoms with van der Waals surface area (Å²) >= 11 is 3.28. The van der Waals surface area contributed by atoms with Gasteiger partial charge in [0, 0.05) is 23.0 Å². The molecule has 1 atom stereocenters. The van der Waals surface area contributed by atoms with Crippen LogP contribution in [0.5, 0.6) is 5.75 Å². The lowest BCUT2D eigenvalue weighted by Gasteiger charge is -2.18. The van der Waals surface area contributed by atoms with Crippen molar-refractivity contribution in [2.24, 2.45) is 0 Å². The average Bonchev–Trinajstić information content (AvgIpc) is 2.40. The number of nitro benzene ring substituents is 1. The van der Waals surface area contributed by atoms with Crippen molar-refractivity contribution in [2.45, 2.75) is 11.6 Å². The predicted octanol–water partition coefficient (Wildman–Crippen LogP) is 3.29. The van der Waals surface area contributed by atoms with E-state index in [1.165, 1.54) is 18.4 Å². The molecule has 18 heavy (non-hydrogen) atoms. The number of alkyl halides is 1. The van der Waals surface area contributed by atoms with Crippen LogP contribution in [-0.4, -0.2) is 11.2 Å². The van der Waals surface area contributed by atoms with Gasteiger partial charge in [0.25, 0.3) is 12.0 Å². The van der Waals surface area contributed by atoms with Crippen molar-refractivity contribution >= 4 is 21.6 Å². The quantitative estimate of drug-likeness (QED) is 0.486. The van der Waals surface area contributed by atoms with Gasteiger partial charge in [-0.15, -0.1) is 0 Å². The second-order valence-corrected chi connectivity index (χ2v) is 4.08. The molecular formula is C12H10BrNO4. The molecule has 0 fully saturated rings. The smallest absolute Gasteiger partial charge is 0.270 e. The summed E-state index contributed by atoms with van der Waals surface area (Å²) in [5, 5.41) is 11.1. The Labute approximate surface area is 112 Å². The molecule has 0 spiro atoms. The zero-order valence-corrected chi connectivity index (χ0v) is 10.9. The van der Waals surface area contributed by atoms with Crippen molar-refractivity contribution in [1.29, 1.82) is 0 Å². The third-order valence-corrected chi connectivity index (χ3v) is 2.92. The number of allylic oxidation sites excluding steroid dienone is 2. The van der Waals surface area contributed by atoms with E-state index in [0.717, 1.165) is 0 Å². The first-order valence-corrected chi connectivity index (χ1v) is 6.31. The molecule has 2 rings (SSSR count). The van der Waals surface area contributed by atoms with E-state index in [0.29, 0.717) is 16.6 Å². The van der Waals surface area contributed by atoms with Gasteiger partial charge in [-0.05, 0) is 18.2 Å². The number of non-ortho nitro benzene ring substituents is 1. The lowest BCUT2D eigenvalue weighted by molar-refractivity contribution is -0.384. The number of nitro groups is 1. The molecule has 0 aromatic heterocycles. The van der Waals surface area contributed by atoms with Crippen molar-refractivity contribution in [3.8, 4) is 5.75 Å². The third-order valence-electron chi connectivity index (χ3n) is 2.31. The van der Waals surface area contributed by atoms with Crippen LogP contribution in [0.2, 0.25) is 0 Å². The van der Waals surface area contributed by atoms with Crippen LogP contribution in [0.1, 0.15) is 5.56 Å². The maximum Gasteiger partial charge on any atom is 0.270 e. The second kappa shape index (κ2) is 5.68. The van der Waals surface area contributed by atoms with Gasteiger partial charge in [0.2, 0.25) is 0 Å². The van der Waals surface area contributed by atoms with Gasteiger partial charge in [-0.1, -0.05) is 22.0 Å². The molecule has 1 aliphatic rings. The number of hydrogen-bond donors (Lipinski definition) is 0. The standard InChI is InChI=1S/C12H10BrNO4/c13-8-9-7-10(14(15)16)4-5-11(9)18-12-3-1-2-6-17-12/h1-7,12H,8H2. The van der Waals surface area contributed by atoms with Gasteiger partial charge in [-0.3, -0.25) is 10.1 Å². The van der Waals surface area contributed by atoms with Crippen LogP contribution >= 0.6 is 15.9 Å². The Bertz CT molecular complexity index is 513. The summed E-state index contributed by atoms with van der Waals surface area (Å²) in [4.78, 5) is 10.2. The highest BCUT2D eigenvalue weighted by Gasteiger charge is 2.14. The minimum Gasteiger partial charge on any atom is -0.459 e. The molecule has 5 nitrogen and oxygen atoms in total. The Balaban J connectivity index is 2.19. The molecular weight excluding hydrogens is 302 g/mol. The van der Waals surface area contributed by atoms with E-state index in [1.807, 2.05) is 6.08 Å². The largest absolute Gasteiger partial charge is 0.459 e. The van der Waals surface area contributed by atoms with Gasteiger partial charge >= 0.3 is 0 Å². The van der Waals surface area contributed by atoms with E-state index in [4.69, 9.17) is 9.47 Å². The van der Waals surface area contributed by atoms with Gasteiger partial charge in [0.05, 0.1) is 11.2 Å². The number of rotatable bonds is 4. The zero-order valence-electron chi connectivity index (χ0n) is 9.28. The fraction of sp³-hybridized carbons (Fsp3) is 0.167. The minimum atomic E-state index is -0.505. The van der Waals surface area contributed by atoms with E-state index in [-0.39, 0.29) is 5.69 Å². The summed E-state index contributed by atoms with van der Waals surface area (Å²) in [5.41, 5.74) is 0.743. The normalized spacial score (nSPS) is 17.3. The van der Waals surface area contributed by atoms with Crippen molar-refractivity contribution in [3.05, 3.63) is 58.4 Å². The maximum absolute atomic E-state index is 10.7. The van der Waals surface area contributed by atoms with Crippen LogP contribution in [0.25, 0.3) is 0 Å². The first-order valence-electron chi connectivity index (χ1n) is 5.19. The van der Waals surface area contributed by atoms with Gasteiger partial charge in [-0.25, -0.2) is 0 Å². The number of hydrogen-bond acceptors (Lipinski definition) is 4. The predicted molar refractivity (Wildman–Crippen MR) is 69.5 cm³/mol. The Morgan fingerprint density at radius 1 is 1.44 bits per heavy atom. The van der Waals surface area contributed by atoms with E-state index in [9.17, 15) is 10.1 Å². The minimum absolute atomic E-state index is 0.0387. The Morgan fingerprint density at radius 3 is 2.89 bits per heavy atom. The molecule has 94 valence electrons. The number of benzene rings is 1. The molecule has 0 bridgehead atoms. The summed E-state index contributed by atoms with van der Waals surface area (Å²) < 4.78 is 10.8. The number of nitrogens with zero attached hydrogens (tertiary/aromatic N) is 1. The van der Waals surface area contributed by atoms with Gasteiger partial charge in [0.15, 0.2) is 0 Å². The van der Waals surface area contributed by atoms with Crippen LogP contribution in [0.15, 0.2) is 42.7 Å². The van der Waals surface area contributed by atoms with Crippen molar-refractivity contribution < 1.29 is 14.4 Å². The molecule has 1 aromatic rings. The highest BCUT2D eigenvalue weighted by Crippen LogP contribution is 2.27. The van der Waals surface area contributed by atoms with Crippen LogP contribution in [-0.2, 0) is 10.1 Å². The van der Waals surface area contributed by atoms with Crippen LogP contribution < -0.4 is 4.74 Å². The van der Waals surface area contributed by atoms with E-state index >= 15 is 0 Å². The van der Waals surface area contributed by atoms with Crippen molar-refractivity contribution in [2.75, 3.05) is 0 Å². The van der Waals surface area contributed by atoms with E-state index in [2.05, 4.69) is 15.9 Å². The van der Waals surface area contributed by atoms with Crippen molar-refractivity contribution in [1.82, 2.24) is 0 Å². The van der Waals surface area contributed by atoms with Gasteiger partial charge in [-0.2, -0.15) is 0 Å². The summed E-state index contributed by atoms with van der Waals surface area (Å²) in [6.45, 7) is 0. The summed E-state index contributed by atoms with van der Waals surface area (Å²) in [7, 11) is 0. The molecule has 6 heteroatoms. The highest BCUT2D eigenvalue weighted by molar-refractivity contribution is 9.08. The molecule has 1 unspecified atom stereocenters. The molecule has 0 aliphatic carbocycles. The lowest BCUT2D eigenvalue weighted by Crippen LogP contribution is -2.17. The summed E-state index contributed by atoms with van der Waals surface area (Å²) in [6, 6.07) is 4.46. The van der Waals surface area contributed by atoms with E-state index < -0.39 is 11.2 Å². The number of ether oxygens (including phenoxy) is 2. The molecule has 0 amide bonds. The van der Waals surface area contributed by atoms with Crippen LogP contribution in [0.3, 0.4) is 0 Å². The SMILES string of the molecule is O=[N+]([O-])c1ccc(OC2C=CC=CO2)c(CBr)c1. The van der Waals surface area contributed by atoms with Crippen molar-refractivity contribution in [3.63, 3.8) is 0 Å². The lowest BCUT2D eigenvalue weighted by atomic mass is 10.2. The fourth-order valence-corrected chi connectivity index (χ4v) is 1.90. The Hall–Kier alpha value is -1.82. The summed E-state index contributed by atoms with van der Waals surface area (Å²) in [6.07, 6.45) is 6.34. The molecule has 1 heterocycles. The molecule has 0 N–H and O–H groups in total. The van der Waals surface area contributed by atoms with Crippen LogP contribution in [0.4, 0.5) is 5.69 Å². The first-order chi connectivity index (χ1) is 8.70. The Morgan fingerprint density at radius 2 is 2.28 bits per heavy atom. The summed E-state index contributed by atoms with van der Waals surface area (Å²) in [5.74, 6) is 0.558. The topological polar surface area (TPSA) is 61.6 Å². The second-order valence-electron chi connectivity index (χ2n) is 3.52. The first kappa shape index (κ1) is 12.6. The Kier molecular flexibility index (Phi) is 3.99. The third kappa shape index (κ3) is 2.89. The van der Waals surface area contributed by atoms with Gasteiger partial charge in [0.1, 0.15) is 5.75 Å². The van der Waals surface area contributed by atoms with Crippen LogP contribution in [0, 0.1) is 10.1 Å². The maximum atomic E-state index is 10.7. The van der Waals surface area contributed by atoms with E-state index in [1.54, 1.807) is 18.2 Å².